The molecule has 2 saturated carbocycles. The Labute approximate surface area is 194 Å². The van der Waals surface area contributed by atoms with Crippen molar-refractivity contribution in [1.82, 2.24) is 0 Å². The molecule has 33 heavy (non-hydrogen) atoms. The second-order valence-electron chi connectivity index (χ2n) is 11.6. The SMILES string of the molecule is CC1=C[C@@H]2[C@H]([C@H](O)C[C@@]3(C)[C@H]2C[C@@H](C)[C@@]32OCO[C@]23COCO3)[C@@]2(C)C/C(=C\O)C(=O)C=C12. The van der Waals surface area contributed by atoms with E-state index >= 15 is 0 Å². The van der Waals surface area contributed by atoms with Gasteiger partial charge in [-0.25, -0.2) is 0 Å². The second kappa shape index (κ2) is 6.79. The van der Waals surface area contributed by atoms with Crippen molar-refractivity contribution in [2.75, 3.05) is 20.2 Å². The molecule has 0 amide bonds. The molecule has 0 radical (unpaired) electrons. The van der Waals surface area contributed by atoms with E-state index in [1.165, 1.54) is 0 Å². The third-order valence-corrected chi connectivity index (χ3v) is 10.2. The van der Waals surface area contributed by atoms with E-state index in [2.05, 4.69) is 33.8 Å². The Kier molecular flexibility index (Phi) is 4.52. The minimum Gasteiger partial charge on any atom is -0.515 e. The maximum Gasteiger partial charge on any atom is 0.227 e. The summed E-state index contributed by atoms with van der Waals surface area (Å²) < 4.78 is 24.4. The summed E-state index contributed by atoms with van der Waals surface area (Å²) in [6.45, 7) is 9.33. The van der Waals surface area contributed by atoms with Crippen LogP contribution in [0.2, 0.25) is 0 Å². The number of fused-ring (bicyclic) bond motifs is 7. The van der Waals surface area contributed by atoms with Crippen LogP contribution in [0.3, 0.4) is 0 Å². The zero-order valence-corrected chi connectivity index (χ0v) is 19.8. The normalized spacial score (nSPS) is 54.4. The van der Waals surface area contributed by atoms with Gasteiger partial charge in [-0.1, -0.05) is 32.4 Å². The van der Waals surface area contributed by atoms with Gasteiger partial charge in [-0.2, -0.15) is 0 Å². The molecule has 0 aromatic rings. The summed E-state index contributed by atoms with van der Waals surface area (Å²) in [7, 11) is 0. The fourth-order valence-corrected chi connectivity index (χ4v) is 9.19. The predicted octanol–water partition coefficient (Wildman–Crippen LogP) is 3.40. The average Bonchev–Trinajstić information content (AvgIpc) is 3.44. The van der Waals surface area contributed by atoms with E-state index in [0.29, 0.717) is 25.0 Å². The van der Waals surface area contributed by atoms with Crippen molar-refractivity contribution in [2.45, 2.75) is 64.4 Å². The number of aliphatic hydroxyl groups is 2. The first-order valence-corrected chi connectivity index (χ1v) is 12.1. The number of hydrogen-bond acceptors (Lipinski definition) is 7. The Morgan fingerprint density at radius 3 is 2.64 bits per heavy atom. The van der Waals surface area contributed by atoms with Gasteiger partial charge in [-0.15, -0.1) is 0 Å². The summed E-state index contributed by atoms with van der Waals surface area (Å²) in [6, 6.07) is 0. The molecule has 2 aliphatic heterocycles. The first kappa shape index (κ1) is 22.0. The molecule has 2 N–H and O–H groups in total. The largest absolute Gasteiger partial charge is 0.515 e. The first-order chi connectivity index (χ1) is 15.6. The van der Waals surface area contributed by atoms with Crippen molar-refractivity contribution in [3.8, 4) is 0 Å². The van der Waals surface area contributed by atoms with Gasteiger partial charge in [0.25, 0.3) is 0 Å². The highest BCUT2D eigenvalue weighted by Crippen LogP contribution is 2.72. The lowest BCUT2D eigenvalue weighted by Crippen LogP contribution is -2.67. The van der Waals surface area contributed by atoms with Gasteiger partial charge in [0.2, 0.25) is 5.79 Å². The molecule has 2 saturated heterocycles. The standard InChI is InChI=1S/C26H34O7/c1-14-5-17-19-6-15(2)26(25(32-13-33-26)11-30-12-31-25)24(19,4)9-21(29)22(17)23(3)8-16(10-27)20(28)7-18(14)23/h5,7,10,15,17,19,21-22,27,29H,6,8-9,11-13H2,1-4H3/b16-10+/t15-,17+,19+,21-,22-,23+,24+,25-,26-/m1/s1. The van der Waals surface area contributed by atoms with Crippen LogP contribution in [-0.2, 0) is 23.7 Å². The first-order valence-electron chi connectivity index (χ1n) is 12.1. The molecule has 7 nitrogen and oxygen atoms in total. The maximum atomic E-state index is 12.5. The van der Waals surface area contributed by atoms with Crippen molar-refractivity contribution < 1.29 is 34.0 Å². The van der Waals surface area contributed by atoms with Gasteiger partial charge >= 0.3 is 0 Å². The molecule has 180 valence electrons. The molecule has 0 bridgehead atoms. The summed E-state index contributed by atoms with van der Waals surface area (Å²) in [5.41, 5.74) is 0.981. The van der Waals surface area contributed by atoms with Gasteiger partial charge in [-0.05, 0) is 55.6 Å². The van der Waals surface area contributed by atoms with Crippen molar-refractivity contribution in [3.05, 3.63) is 35.1 Å². The molecular weight excluding hydrogens is 424 g/mol. The van der Waals surface area contributed by atoms with Crippen LogP contribution in [0.5, 0.6) is 0 Å². The van der Waals surface area contributed by atoms with E-state index in [1.54, 1.807) is 6.08 Å². The Bertz CT molecular complexity index is 985. The number of carbonyl (C=O) groups is 1. The van der Waals surface area contributed by atoms with Gasteiger partial charge in [-0.3, -0.25) is 4.79 Å². The molecule has 4 fully saturated rings. The fourth-order valence-electron chi connectivity index (χ4n) is 9.19. The monoisotopic (exact) mass is 458 g/mol. The van der Waals surface area contributed by atoms with Crippen LogP contribution >= 0.6 is 0 Å². The summed E-state index contributed by atoms with van der Waals surface area (Å²) in [5.74, 6) is -0.640. The Hall–Kier alpha value is -1.51. The van der Waals surface area contributed by atoms with Crippen LogP contribution in [0.1, 0.15) is 47.0 Å². The number of aliphatic hydroxyl groups excluding tert-OH is 2. The van der Waals surface area contributed by atoms with Crippen molar-refractivity contribution in [1.29, 1.82) is 0 Å². The van der Waals surface area contributed by atoms with E-state index in [-0.39, 0.29) is 48.5 Å². The number of allylic oxidation sites excluding steroid dienone is 5. The predicted molar refractivity (Wildman–Crippen MR) is 118 cm³/mol. The number of ketones is 1. The van der Waals surface area contributed by atoms with Gasteiger partial charge in [0.05, 0.1) is 12.4 Å². The quantitative estimate of drug-likeness (QED) is 0.424. The molecule has 9 atom stereocenters. The topological polar surface area (TPSA) is 94.5 Å². The third kappa shape index (κ3) is 2.40. The molecule has 2 spiro atoms. The van der Waals surface area contributed by atoms with E-state index < -0.39 is 22.9 Å². The lowest BCUT2D eigenvalue weighted by atomic mass is 9.45. The van der Waals surface area contributed by atoms with Gasteiger partial charge in [0.1, 0.15) is 12.2 Å². The van der Waals surface area contributed by atoms with E-state index in [4.69, 9.17) is 18.9 Å². The highest BCUT2D eigenvalue weighted by molar-refractivity contribution is 6.06. The summed E-state index contributed by atoms with van der Waals surface area (Å²) in [5, 5.41) is 21.5. The molecule has 2 heterocycles. The maximum absolute atomic E-state index is 12.5. The molecule has 0 unspecified atom stereocenters. The van der Waals surface area contributed by atoms with Crippen molar-refractivity contribution >= 4 is 5.78 Å². The minimum absolute atomic E-state index is 0.0602. The molecule has 7 heteroatoms. The fraction of sp³-hybridized carbons (Fsp3) is 0.731. The molecular formula is C26H34O7. The Morgan fingerprint density at radius 1 is 1.18 bits per heavy atom. The second-order valence-corrected chi connectivity index (χ2v) is 11.6. The van der Waals surface area contributed by atoms with Crippen LogP contribution in [-0.4, -0.2) is 53.7 Å². The highest BCUT2D eigenvalue weighted by atomic mass is 16.9. The number of carbonyl (C=O) groups excluding carboxylic acids is 1. The van der Waals surface area contributed by atoms with Crippen LogP contribution in [0.4, 0.5) is 0 Å². The van der Waals surface area contributed by atoms with Gasteiger partial charge < -0.3 is 29.2 Å². The number of hydrogen-bond donors (Lipinski definition) is 2. The molecule has 6 aliphatic rings. The lowest BCUT2D eigenvalue weighted by Gasteiger charge is -2.61. The van der Waals surface area contributed by atoms with E-state index in [0.717, 1.165) is 23.8 Å². The molecule has 0 aromatic heterocycles. The highest BCUT2D eigenvalue weighted by Gasteiger charge is 2.79. The minimum atomic E-state index is -0.949. The van der Waals surface area contributed by atoms with E-state index in [9.17, 15) is 15.0 Å². The Morgan fingerprint density at radius 2 is 1.94 bits per heavy atom. The summed E-state index contributed by atoms with van der Waals surface area (Å²) in [4.78, 5) is 12.5. The molecule has 4 aliphatic carbocycles. The summed E-state index contributed by atoms with van der Waals surface area (Å²) >= 11 is 0. The zero-order chi connectivity index (χ0) is 23.4. The number of ether oxygens (including phenoxy) is 4. The van der Waals surface area contributed by atoms with Crippen LogP contribution in [0.25, 0.3) is 0 Å². The van der Waals surface area contributed by atoms with Gasteiger partial charge in [0, 0.05) is 22.3 Å². The summed E-state index contributed by atoms with van der Waals surface area (Å²) in [6.07, 6.45) is 6.21. The van der Waals surface area contributed by atoms with Crippen molar-refractivity contribution in [2.24, 2.45) is 34.5 Å². The third-order valence-electron chi connectivity index (χ3n) is 10.2. The molecule has 6 rings (SSSR count). The van der Waals surface area contributed by atoms with Crippen LogP contribution in [0, 0.1) is 34.5 Å². The van der Waals surface area contributed by atoms with Crippen molar-refractivity contribution in [3.63, 3.8) is 0 Å². The van der Waals surface area contributed by atoms with Gasteiger partial charge in [0.15, 0.2) is 19.4 Å². The Balaban J connectivity index is 1.49. The average molecular weight is 459 g/mol. The zero-order valence-electron chi connectivity index (χ0n) is 19.8. The van der Waals surface area contributed by atoms with Crippen LogP contribution < -0.4 is 0 Å². The molecule has 0 aromatic carbocycles. The lowest BCUT2D eigenvalue weighted by molar-refractivity contribution is -0.264. The van der Waals surface area contributed by atoms with E-state index in [1.807, 2.05) is 0 Å². The number of rotatable bonds is 0. The van der Waals surface area contributed by atoms with Crippen LogP contribution in [0.15, 0.2) is 35.1 Å². The smallest absolute Gasteiger partial charge is 0.227 e.